The van der Waals surface area contributed by atoms with Crippen molar-refractivity contribution in [2.45, 2.75) is 38.8 Å². The molecule has 0 saturated heterocycles. The van der Waals surface area contributed by atoms with Gasteiger partial charge in [-0.15, -0.1) is 0 Å². The van der Waals surface area contributed by atoms with Crippen molar-refractivity contribution in [3.8, 4) is 0 Å². The predicted molar refractivity (Wildman–Crippen MR) is 76.8 cm³/mol. The summed E-state index contributed by atoms with van der Waals surface area (Å²) >= 11 is 0. The Labute approximate surface area is 143 Å². The number of halogens is 6. The van der Waals surface area contributed by atoms with Gasteiger partial charge in [-0.1, -0.05) is 0 Å². The minimum atomic E-state index is -4.58. The molecule has 6 nitrogen and oxygen atoms in total. The number of aryl methyl sites for hydroxylation is 2. The van der Waals surface area contributed by atoms with Gasteiger partial charge in [-0.2, -0.15) is 36.5 Å². The van der Waals surface area contributed by atoms with Crippen LogP contribution < -0.4 is 5.32 Å². The van der Waals surface area contributed by atoms with Gasteiger partial charge in [0.1, 0.15) is 6.54 Å². The first-order valence-electron chi connectivity index (χ1n) is 7.46. The Hall–Kier alpha value is -2.53. The number of rotatable bonds is 6. The molecular weight excluding hydrogens is 368 g/mol. The van der Waals surface area contributed by atoms with E-state index >= 15 is 0 Å². The topological polar surface area (TPSA) is 64.7 Å². The minimum absolute atomic E-state index is 0.132. The lowest BCUT2D eigenvalue weighted by atomic mass is 10.3. The Morgan fingerprint density at radius 3 is 2.31 bits per heavy atom. The van der Waals surface area contributed by atoms with Gasteiger partial charge in [-0.05, 0) is 25.5 Å². The summed E-state index contributed by atoms with van der Waals surface area (Å²) in [6.07, 6.45) is -7.77. The van der Waals surface area contributed by atoms with Crippen molar-refractivity contribution in [1.82, 2.24) is 24.9 Å². The molecule has 0 saturated carbocycles. The molecule has 0 atom stereocenters. The van der Waals surface area contributed by atoms with Crippen molar-refractivity contribution in [3.63, 3.8) is 0 Å². The van der Waals surface area contributed by atoms with Crippen molar-refractivity contribution in [2.75, 3.05) is 6.54 Å². The second-order valence-electron chi connectivity index (χ2n) is 5.49. The van der Waals surface area contributed by atoms with Gasteiger partial charge in [0.25, 0.3) is 0 Å². The maximum atomic E-state index is 12.5. The van der Waals surface area contributed by atoms with Crippen LogP contribution in [0.25, 0.3) is 0 Å². The lowest BCUT2D eigenvalue weighted by molar-refractivity contribution is -0.142. The summed E-state index contributed by atoms with van der Waals surface area (Å²) in [5.74, 6) is -0.560. The van der Waals surface area contributed by atoms with E-state index in [1.807, 2.05) is 0 Å². The Bertz CT molecular complexity index is 761. The van der Waals surface area contributed by atoms with Crippen LogP contribution in [0.2, 0.25) is 0 Å². The number of carbonyl (C=O) groups excluding carboxylic acids is 1. The quantitative estimate of drug-likeness (QED) is 0.616. The zero-order valence-electron chi connectivity index (χ0n) is 13.5. The summed E-state index contributed by atoms with van der Waals surface area (Å²) in [5.41, 5.74) is -1.75. The highest BCUT2D eigenvalue weighted by Gasteiger charge is 2.34. The monoisotopic (exact) mass is 383 g/mol. The molecule has 0 aliphatic rings. The molecule has 0 unspecified atom stereocenters. The van der Waals surface area contributed by atoms with Crippen LogP contribution in [0.4, 0.5) is 26.3 Å². The molecule has 0 aromatic carbocycles. The summed E-state index contributed by atoms with van der Waals surface area (Å²) < 4.78 is 76.9. The van der Waals surface area contributed by atoms with Gasteiger partial charge in [0.05, 0.1) is 0 Å². The molecule has 0 aliphatic heterocycles. The van der Waals surface area contributed by atoms with Crippen LogP contribution in [0.3, 0.4) is 0 Å². The Morgan fingerprint density at radius 2 is 1.77 bits per heavy atom. The normalized spacial score (nSPS) is 12.4. The summed E-state index contributed by atoms with van der Waals surface area (Å²) in [7, 11) is 0. The van der Waals surface area contributed by atoms with Crippen LogP contribution in [-0.2, 0) is 30.2 Å². The van der Waals surface area contributed by atoms with E-state index in [0.29, 0.717) is 12.1 Å². The van der Waals surface area contributed by atoms with E-state index in [1.165, 1.54) is 11.6 Å². The Morgan fingerprint density at radius 1 is 1.12 bits per heavy atom. The molecule has 0 fully saturated rings. The second-order valence-corrected chi connectivity index (χ2v) is 5.49. The van der Waals surface area contributed by atoms with Crippen LogP contribution in [0.1, 0.15) is 23.5 Å². The van der Waals surface area contributed by atoms with Gasteiger partial charge in [-0.25, -0.2) is 0 Å². The molecule has 0 bridgehead atoms. The fourth-order valence-electron chi connectivity index (χ4n) is 2.14. The van der Waals surface area contributed by atoms with Crippen LogP contribution in [0.5, 0.6) is 0 Å². The molecular formula is C14H15F6N5O. The first-order chi connectivity index (χ1) is 12.0. The SMILES string of the molecule is Cc1cc(C(F)(F)F)nn1CCCNC(=O)Cn1ccc(C(F)(F)F)n1. The zero-order chi connectivity index (χ0) is 19.5. The third-order valence-electron chi connectivity index (χ3n) is 3.38. The molecule has 2 rings (SSSR count). The highest BCUT2D eigenvalue weighted by molar-refractivity contribution is 5.75. The Kier molecular flexibility index (Phi) is 5.62. The molecule has 0 radical (unpaired) electrons. The fraction of sp³-hybridized carbons (Fsp3) is 0.500. The third-order valence-corrected chi connectivity index (χ3v) is 3.38. The maximum absolute atomic E-state index is 12.5. The van der Waals surface area contributed by atoms with E-state index in [2.05, 4.69) is 15.5 Å². The predicted octanol–water partition coefficient (Wildman–Crippen LogP) is 2.63. The molecule has 0 spiro atoms. The van der Waals surface area contributed by atoms with Crippen molar-refractivity contribution >= 4 is 5.91 Å². The molecule has 12 heteroatoms. The number of hydrogen-bond donors (Lipinski definition) is 1. The molecule has 2 aromatic heterocycles. The summed E-state index contributed by atoms with van der Waals surface area (Å²) in [4.78, 5) is 11.7. The average molecular weight is 383 g/mol. The van der Waals surface area contributed by atoms with Crippen LogP contribution in [0, 0.1) is 6.92 Å². The lowest BCUT2D eigenvalue weighted by Gasteiger charge is -2.07. The lowest BCUT2D eigenvalue weighted by Crippen LogP contribution is -2.29. The smallest absolute Gasteiger partial charge is 0.354 e. The van der Waals surface area contributed by atoms with E-state index in [9.17, 15) is 31.1 Å². The van der Waals surface area contributed by atoms with Gasteiger partial charge >= 0.3 is 12.4 Å². The molecule has 1 N–H and O–H groups in total. The number of aromatic nitrogens is 4. The number of nitrogens with one attached hydrogen (secondary N) is 1. The van der Waals surface area contributed by atoms with E-state index < -0.39 is 36.2 Å². The van der Waals surface area contributed by atoms with Gasteiger partial charge in [0, 0.05) is 25.0 Å². The minimum Gasteiger partial charge on any atom is -0.354 e. The van der Waals surface area contributed by atoms with Crippen LogP contribution in [-0.4, -0.2) is 32.0 Å². The number of carbonyl (C=O) groups is 1. The first-order valence-corrected chi connectivity index (χ1v) is 7.46. The molecule has 1 amide bonds. The van der Waals surface area contributed by atoms with Gasteiger partial charge < -0.3 is 5.32 Å². The van der Waals surface area contributed by atoms with Crippen molar-refractivity contribution in [1.29, 1.82) is 0 Å². The standard InChI is InChI=1S/C14H15F6N5O/c1-9-7-11(14(18,19)20)23-25(9)5-2-4-21-12(26)8-24-6-3-10(22-24)13(15,16)17/h3,6-7H,2,4-5,8H2,1H3,(H,21,26). The van der Waals surface area contributed by atoms with Crippen molar-refractivity contribution in [3.05, 3.63) is 35.4 Å². The Balaban J connectivity index is 1.77. The number of amides is 1. The zero-order valence-corrected chi connectivity index (χ0v) is 13.5. The summed E-state index contributed by atoms with van der Waals surface area (Å²) in [5, 5.41) is 9.16. The van der Waals surface area contributed by atoms with E-state index in [4.69, 9.17) is 0 Å². The first kappa shape index (κ1) is 19.8. The van der Waals surface area contributed by atoms with E-state index in [0.717, 1.165) is 23.0 Å². The summed E-state index contributed by atoms with van der Waals surface area (Å²) in [6.45, 7) is 1.38. The van der Waals surface area contributed by atoms with Gasteiger partial charge in [0.15, 0.2) is 11.4 Å². The highest BCUT2D eigenvalue weighted by Crippen LogP contribution is 2.28. The van der Waals surface area contributed by atoms with Crippen LogP contribution >= 0.6 is 0 Å². The maximum Gasteiger partial charge on any atom is 0.435 e. The molecule has 144 valence electrons. The number of nitrogens with zero attached hydrogens (tertiary/aromatic N) is 4. The summed E-state index contributed by atoms with van der Waals surface area (Å²) in [6, 6.07) is 1.68. The molecule has 2 heterocycles. The fourth-order valence-corrected chi connectivity index (χ4v) is 2.14. The van der Waals surface area contributed by atoms with Crippen molar-refractivity contribution in [2.24, 2.45) is 0 Å². The second kappa shape index (κ2) is 7.38. The highest BCUT2D eigenvalue weighted by atomic mass is 19.4. The van der Waals surface area contributed by atoms with E-state index in [1.54, 1.807) is 0 Å². The van der Waals surface area contributed by atoms with Gasteiger partial charge in [-0.3, -0.25) is 14.2 Å². The third kappa shape index (κ3) is 5.23. The molecule has 0 aliphatic carbocycles. The molecule has 26 heavy (non-hydrogen) atoms. The molecule has 2 aromatic rings. The largest absolute Gasteiger partial charge is 0.435 e. The van der Waals surface area contributed by atoms with Gasteiger partial charge in [0.2, 0.25) is 5.91 Å². The number of hydrogen-bond acceptors (Lipinski definition) is 3. The van der Waals surface area contributed by atoms with E-state index in [-0.39, 0.29) is 13.1 Å². The average Bonchev–Trinajstić information content (AvgIpc) is 3.10. The van der Waals surface area contributed by atoms with Crippen LogP contribution in [0.15, 0.2) is 18.3 Å². The number of alkyl halides is 6. The van der Waals surface area contributed by atoms with Crippen molar-refractivity contribution < 1.29 is 31.1 Å².